The highest BCUT2D eigenvalue weighted by Crippen LogP contribution is 2.30. The first-order chi connectivity index (χ1) is 8.04. The van der Waals surface area contributed by atoms with Gasteiger partial charge in [0.05, 0.1) is 23.0 Å². The Kier molecular flexibility index (Phi) is 3.26. The summed E-state index contributed by atoms with van der Waals surface area (Å²) in [5, 5.41) is 8.07. The van der Waals surface area contributed by atoms with E-state index >= 15 is 0 Å². The van der Waals surface area contributed by atoms with Crippen molar-refractivity contribution in [1.29, 1.82) is 0 Å². The molecular weight excluding hydrogens is 238 g/mol. The normalized spacial score (nSPS) is 13.0. The highest BCUT2D eigenvalue weighted by Gasteiger charge is 2.23. The summed E-state index contributed by atoms with van der Waals surface area (Å²) in [6.07, 6.45) is 1.66. The molecular formula is C12H16ClN3O. The van der Waals surface area contributed by atoms with Gasteiger partial charge in [0.15, 0.2) is 0 Å². The summed E-state index contributed by atoms with van der Waals surface area (Å²) >= 11 is 6.17. The van der Waals surface area contributed by atoms with Gasteiger partial charge in [0.25, 0.3) is 0 Å². The maximum Gasteiger partial charge on any atom is 0.106 e. The van der Waals surface area contributed by atoms with E-state index in [2.05, 4.69) is 10.4 Å². The first-order valence-electron chi connectivity index (χ1n) is 5.46. The molecule has 2 aromatic rings. The van der Waals surface area contributed by atoms with E-state index in [9.17, 15) is 0 Å². The standard InChI is InChI=1S/C12H16ClN3O/c1-7-5-9(8(2)17-7)11(14-3)12-10(13)6-15-16(12)4/h5-6,11,14H,1-4H3. The van der Waals surface area contributed by atoms with Gasteiger partial charge in [0, 0.05) is 12.6 Å². The Bertz CT molecular complexity index is 510. The Morgan fingerprint density at radius 1 is 1.47 bits per heavy atom. The van der Waals surface area contributed by atoms with Crippen LogP contribution in [-0.2, 0) is 7.05 Å². The zero-order valence-corrected chi connectivity index (χ0v) is 11.2. The fourth-order valence-electron chi connectivity index (χ4n) is 2.12. The van der Waals surface area contributed by atoms with Gasteiger partial charge < -0.3 is 9.73 Å². The monoisotopic (exact) mass is 253 g/mol. The molecule has 0 amide bonds. The third kappa shape index (κ3) is 2.10. The lowest BCUT2D eigenvalue weighted by Crippen LogP contribution is -2.21. The molecule has 0 aliphatic rings. The number of aromatic nitrogens is 2. The van der Waals surface area contributed by atoms with Gasteiger partial charge >= 0.3 is 0 Å². The van der Waals surface area contributed by atoms with E-state index in [0.717, 1.165) is 22.8 Å². The van der Waals surface area contributed by atoms with Gasteiger partial charge in [-0.1, -0.05) is 11.6 Å². The third-order valence-corrected chi connectivity index (χ3v) is 3.18. The topological polar surface area (TPSA) is 43.0 Å². The summed E-state index contributed by atoms with van der Waals surface area (Å²) < 4.78 is 7.35. The zero-order valence-electron chi connectivity index (χ0n) is 10.4. The minimum atomic E-state index is -0.00699. The van der Waals surface area contributed by atoms with E-state index in [1.54, 1.807) is 10.9 Å². The highest BCUT2D eigenvalue weighted by molar-refractivity contribution is 6.31. The maximum absolute atomic E-state index is 6.17. The maximum atomic E-state index is 6.17. The second-order valence-corrected chi connectivity index (χ2v) is 4.50. The number of rotatable bonds is 3. The molecule has 5 heteroatoms. The van der Waals surface area contributed by atoms with Crippen LogP contribution in [0.15, 0.2) is 16.7 Å². The summed E-state index contributed by atoms with van der Waals surface area (Å²) in [6.45, 7) is 3.89. The molecule has 0 aliphatic carbocycles. The molecule has 0 saturated heterocycles. The van der Waals surface area contributed by atoms with Crippen molar-refractivity contribution < 1.29 is 4.42 Å². The number of aryl methyl sites for hydroxylation is 3. The molecule has 4 nitrogen and oxygen atoms in total. The van der Waals surface area contributed by atoms with Crippen molar-refractivity contribution in [3.8, 4) is 0 Å². The molecule has 1 unspecified atom stereocenters. The first-order valence-corrected chi connectivity index (χ1v) is 5.84. The predicted octanol–water partition coefficient (Wildman–Crippen LogP) is 2.59. The summed E-state index contributed by atoms with van der Waals surface area (Å²) in [6, 6.07) is 2.02. The Balaban J connectivity index is 2.51. The van der Waals surface area contributed by atoms with Crippen LogP contribution in [0.1, 0.15) is 28.8 Å². The number of nitrogens with zero attached hydrogens (tertiary/aromatic N) is 2. The summed E-state index contributed by atoms with van der Waals surface area (Å²) in [5.41, 5.74) is 2.04. The molecule has 2 aromatic heterocycles. The van der Waals surface area contributed by atoms with Gasteiger partial charge in [0.2, 0.25) is 0 Å². The molecule has 1 atom stereocenters. The molecule has 0 radical (unpaired) electrons. The van der Waals surface area contributed by atoms with E-state index in [-0.39, 0.29) is 6.04 Å². The second-order valence-electron chi connectivity index (χ2n) is 4.09. The molecule has 2 rings (SSSR count). The van der Waals surface area contributed by atoms with Gasteiger partial charge in [-0.25, -0.2) is 0 Å². The SMILES string of the molecule is CNC(c1cc(C)oc1C)c1c(Cl)cnn1C. The van der Waals surface area contributed by atoms with Crippen LogP contribution in [-0.4, -0.2) is 16.8 Å². The van der Waals surface area contributed by atoms with Crippen molar-refractivity contribution in [3.05, 3.63) is 40.1 Å². The van der Waals surface area contributed by atoms with Crippen molar-refractivity contribution in [1.82, 2.24) is 15.1 Å². The Labute approximate surface area is 106 Å². The van der Waals surface area contributed by atoms with Gasteiger partial charge in [-0.15, -0.1) is 0 Å². The molecule has 0 aliphatic heterocycles. The van der Waals surface area contributed by atoms with Crippen LogP contribution in [0.3, 0.4) is 0 Å². The van der Waals surface area contributed by atoms with Gasteiger partial charge in [-0.05, 0) is 27.0 Å². The fraction of sp³-hybridized carbons (Fsp3) is 0.417. The Hall–Kier alpha value is -1.26. The largest absolute Gasteiger partial charge is 0.466 e. The lowest BCUT2D eigenvalue weighted by molar-refractivity contribution is 0.494. The van der Waals surface area contributed by atoms with Crippen molar-refractivity contribution in [3.63, 3.8) is 0 Å². The van der Waals surface area contributed by atoms with Crippen LogP contribution in [0, 0.1) is 13.8 Å². The molecule has 2 heterocycles. The van der Waals surface area contributed by atoms with Gasteiger partial charge in [0.1, 0.15) is 11.5 Å². The zero-order chi connectivity index (χ0) is 12.6. The number of furan rings is 1. The van der Waals surface area contributed by atoms with Crippen molar-refractivity contribution in [2.45, 2.75) is 19.9 Å². The third-order valence-electron chi connectivity index (χ3n) is 2.89. The second kappa shape index (κ2) is 4.55. The molecule has 0 aromatic carbocycles. The van der Waals surface area contributed by atoms with Crippen LogP contribution < -0.4 is 5.32 Å². The lowest BCUT2D eigenvalue weighted by Gasteiger charge is -2.16. The van der Waals surface area contributed by atoms with Crippen LogP contribution >= 0.6 is 11.6 Å². The Morgan fingerprint density at radius 3 is 2.59 bits per heavy atom. The number of nitrogens with one attached hydrogen (secondary N) is 1. The van der Waals surface area contributed by atoms with Crippen LogP contribution in [0.4, 0.5) is 0 Å². The van der Waals surface area contributed by atoms with E-state index in [0.29, 0.717) is 5.02 Å². The average Bonchev–Trinajstić information content (AvgIpc) is 2.76. The van der Waals surface area contributed by atoms with E-state index in [4.69, 9.17) is 16.0 Å². The van der Waals surface area contributed by atoms with Crippen LogP contribution in [0.5, 0.6) is 0 Å². The highest BCUT2D eigenvalue weighted by atomic mass is 35.5. The first kappa shape index (κ1) is 12.2. The predicted molar refractivity (Wildman–Crippen MR) is 67.3 cm³/mol. The van der Waals surface area contributed by atoms with E-state index in [1.165, 1.54) is 0 Å². The Morgan fingerprint density at radius 2 is 2.18 bits per heavy atom. The molecule has 92 valence electrons. The van der Waals surface area contributed by atoms with Crippen molar-refractivity contribution in [2.75, 3.05) is 7.05 Å². The molecule has 1 N–H and O–H groups in total. The summed E-state index contributed by atoms with van der Waals surface area (Å²) in [5.74, 6) is 1.80. The molecule has 0 bridgehead atoms. The van der Waals surface area contributed by atoms with E-state index < -0.39 is 0 Å². The van der Waals surface area contributed by atoms with Crippen LogP contribution in [0.2, 0.25) is 5.02 Å². The number of halogens is 1. The van der Waals surface area contributed by atoms with Gasteiger partial charge in [-0.3, -0.25) is 4.68 Å². The number of hydrogen-bond acceptors (Lipinski definition) is 3. The van der Waals surface area contributed by atoms with Crippen molar-refractivity contribution in [2.24, 2.45) is 7.05 Å². The fourth-order valence-corrected chi connectivity index (χ4v) is 2.40. The smallest absolute Gasteiger partial charge is 0.106 e. The quantitative estimate of drug-likeness (QED) is 0.914. The minimum Gasteiger partial charge on any atom is -0.466 e. The lowest BCUT2D eigenvalue weighted by atomic mass is 10.0. The average molecular weight is 254 g/mol. The molecule has 0 spiro atoms. The summed E-state index contributed by atoms with van der Waals surface area (Å²) in [4.78, 5) is 0. The van der Waals surface area contributed by atoms with E-state index in [1.807, 2.05) is 34.0 Å². The van der Waals surface area contributed by atoms with Crippen LogP contribution in [0.25, 0.3) is 0 Å². The van der Waals surface area contributed by atoms with Crippen molar-refractivity contribution >= 4 is 11.6 Å². The minimum absolute atomic E-state index is 0.00699. The number of hydrogen-bond donors (Lipinski definition) is 1. The molecule has 0 saturated carbocycles. The summed E-state index contributed by atoms with van der Waals surface area (Å²) in [7, 11) is 3.78. The van der Waals surface area contributed by atoms with Gasteiger partial charge in [-0.2, -0.15) is 5.10 Å². The molecule has 0 fully saturated rings. The molecule has 17 heavy (non-hydrogen) atoms.